The van der Waals surface area contributed by atoms with Crippen molar-refractivity contribution in [3.05, 3.63) is 0 Å². The van der Waals surface area contributed by atoms with E-state index in [9.17, 15) is 4.79 Å². The van der Waals surface area contributed by atoms with Gasteiger partial charge in [-0.3, -0.25) is 4.79 Å². The fourth-order valence-corrected chi connectivity index (χ4v) is 4.18. The minimum absolute atomic E-state index is 0.0224. The first-order valence-electron chi connectivity index (χ1n) is 10.0. The van der Waals surface area contributed by atoms with E-state index in [1.807, 2.05) is 0 Å². The average Bonchev–Trinajstić information content (AvgIpc) is 3.15. The van der Waals surface area contributed by atoms with Crippen molar-refractivity contribution in [1.82, 2.24) is 15.1 Å². The van der Waals surface area contributed by atoms with Gasteiger partial charge in [0.05, 0.1) is 12.7 Å². The standard InChI is InChI=1S/C19H34N4O3/c1-22(2)17(24)13-21-18(20-12-16-6-3-11-26-16)23-9-4-7-19(14-23)8-5-10-25-15-19/h16H,3-15H2,1-2H3,(H,20,21). The molecule has 3 aliphatic rings. The second kappa shape index (κ2) is 9.04. The molecule has 1 N–H and O–H groups in total. The fraction of sp³-hybridized carbons (Fsp3) is 0.895. The molecule has 0 saturated carbocycles. The lowest BCUT2D eigenvalue weighted by Gasteiger charge is -2.45. The molecule has 2 unspecified atom stereocenters. The lowest BCUT2D eigenvalue weighted by atomic mass is 9.76. The Morgan fingerprint density at radius 1 is 1.27 bits per heavy atom. The van der Waals surface area contributed by atoms with E-state index < -0.39 is 0 Å². The van der Waals surface area contributed by atoms with Crippen LogP contribution in [0.2, 0.25) is 0 Å². The first-order chi connectivity index (χ1) is 12.6. The predicted octanol–water partition coefficient (Wildman–Crippen LogP) is 1.09. The summed E-state index contributed by atoms with van der Waals surface area (Å²) in [5, 5.41) is 3.49. The molecule has 26 heavy (non-hydrogen) atoms. The number of aliphatic imine (C=N–C) groups is 1. The first kappa shape index (κ1) is 19.4. The average molecular weight is 367 g/mol. The van der Waals surface area contributed by atoms with Crippen molar-refractivity contribution >= 4 is 11.9 Å². The molecule has 3 saturated heterocycles. The van der Waals surface area contributed by atoms with Gasteiger partial charge in [-0.1, -0.05) is 0 Å². The molecule has 0 aromatic rings. The van der Waals surface area contributed by atoms with Gasteiger partial charge in [-0.2, -0.15) is 0 Å². The van der Waals surface area contributed by atoms with Gasteiger partial charge in [0.25, 0.3) is 0 Å². The monoisotopic (exact) mass is 366 g/mol. The molecule has 2 atom stereocenters. The Morgan fingerprint density at radius 2 is 2.12 bits per heavy atom. The molecular formula is C19H34N4O3. The van der Waals surface area contributed by atoms with Crippen molar-refractivity contribution in [1.29, 1.82) is 0 Å². The third-order valence-electron chi connectivity index (χ3n) is 5.74. The normalized spacial score (nSPS) is 29.8. The van der Waals surface area contributed by atoms with Gasteiger partial charge in [-0.05, 0) is 38.5 Å². The number of nitrogens with one attached hydrogen (secondary N) is 1. The number of carbonyl (C=O) groups is 1. The van der Waals surface area contributed by atoms with Crippen molar-refractivity contribution in [2.24, 2.45) is 10.4 Å². The minimum Gasteiger partial charge on any atom is -0.381 e. The van der Waals surface area contributed by atoms with E-state index in [0.29, 0.717) is 0 Å². The molecular weight excluding hydrogens is 332 g/mol. The van der Waals surface area contributed by atoms with Crippen LogP contribution < -0.4 is 5.32 Å². The number of carbonyl (C=O) groups excluding carboxylic acids is 1. The summed E-state index contributed by atoms with van der Waals surface area (Å²) in [5.41, 5.74) is 0.244. The Hall–Kier alpha value is -1.34. The van der Waals surface area contributed by atoms with E-state index >= 15 is 0 Å². The molecule has 1 amide bonds. The Kier molecular flexibility index (Phi) is 6.75. The number of likely N-dealkylation sites (N-methyl/N-ethyl adjacent to an activating group) is 1. The molecule has 0 aromatic carbocycles. The number of hydrogen-bond acceptors (Lipinski definition) is 4. The lowest BCUT2D eigenvalue weighted by Crippen LogP contribution is -2.54. The second-order valence-corrected chi connectivity index (χ2v) is 8.13. The van der Waals surface area contributed by atoms with E-state index in [1.165, 1.54) is 12.8 Å². The fourth-order valence-electron chi connectivity index (χ4n) is 4.18. The minimum atomic E-state index is 0.0224. The SMILES string of the molecule is CN(C)C(=O)CN=C(NCC1CCCO1)N1CCCC2(CCCOC2)C1. The molecule has 0 aliphatic carbocycles. The van der Waals surface area contributed by atoms with E-state index in [2.05, 4.69) is 15.2 Å². The van der Waals surface area contributed by atoms with E-state index in [1.54, 1.807) is 19.0 Å². The Labute approximate surface area is 157 Å². The van der Waals surface area contributed by atoms with E-state index in [4.69, 9.17) is 9.47 Å². The molecule has 3 rings (SSSR count). The highest BCUT2D eigenvalue weighted by Gasteiger charge is 2.38. The highest BCUT2D eigenvalue weighted by molar-refractivity contribution is 5.85. The number of hydrogen-bond donors (Lipinski definition) is 1. The van der Waals surface area contributed by atoms with Gasteiger partial charge in [0, 0.05) is 52.4 Å². The Bertz CT molecular complexity index is 492. The number of amides is 1. The molecule has 3 aliphatic heterocycles. The van der Waals surface area contributed by atoms with E-state index in [-0.39, 0.29) is 24.0 Å². The summed E-state index contributed by atoms with van der Waals surface area (Å²) in [6, 6.07) is 0. The van der Waals surface area contributed by atoms with Gasteiger partial charge >= 0.3 is 0 Å². The van der Waals surface area contributed by atoms with Crippen LogP contribution in [0.4, 0.5) is 0 Å². The van der Waals surface area contributed by atoms with Crippen molar-refractivity contribution in [2.75, 3.05) is 60.1 Å². The summed E-state index contributed by atoms with van der Waals surface area (Å²) in [7, 11) is 3.54. The second-order valence-electron chi connectivity index (χ2n) is 8.13. The van der Waals surface area contributed by atoms with Crippen LogP contribution in [0.5, 0.6) is 0 Å². The quantitative estimate of drug-likeness (QED) is 0.596. The topological polar surface area (TPSA) is 66.4 Å². The summed E-state index contributed by atoms with van der Waals surface area (Å²) >= 11 is 0. The molecule has 0 bridgehead atoms. The van der Waals surface area contributed by atoms with Gasteiger partial charge in [-0.15, -0.1) is 0 Å². The number of piperidine rings is 1. The number of likely N-dealkylation sites (tertiary alicyclic amines) is 1. The first-order valence-corrected chi connectivity index (χ1v) is 10.0. The Morgan fingerprint density at radius 3 is 2.81 bits per heavy atom. The largest absolute Gasteiger partial charge is 0.381 e. The number of rotatable bonds is 4. The van der Waals surface area contributed by atoms with Crippen molar-refractivity contribution < 1.29 is 14.3 Å². The van der Waals surface area contributed by atoms with Gasteiger partial charge in [-0.25, -0.2) is 4.99 Å². The van der Waals surface area contributed by atoms with Gasteiger partial charge < -0.3 is 24.6 Å². The van der Waals surface area contributed by atoms with Crippen LogP contribution in [0.25, 0.3) is 0 Å². The van der Waals surface area contributed by atoms with Crippen molar-refractivity contribution in [2.45, 2.75) is 44.6 Å². The molecule has 7 heteroatoms. The number of nitrogens with zero attached hydrogens (tertiary/aromatic N) is 3. The maximum Gasteiger partial charge on any atom is 0.243 e. The predicted molar refractivity (Wildman–Crippen MR) is 101 cm³/mol. The number of ether oxygens (including phenoxy) is 2. The van der Waals surface area contributed by atoms with Crippen LogP contribution in [0, 0.1) is 5.41 Å². The molecule has 3 heterocycles. The molecule has 7 nitrogen and oxygen atoms in total. The zero-order chi connectivity index (χ0) is 18.4. The highest BCUT2D eigenvalue weighted by Crippen LogP contribution is 2.37. The van der Waals surface area contributed by atoms with Crippen molar-refractivity contribution in [3.63, 3.8) is 0 Å². The Balaban J connectivity index is 1.66. The highest BCUT2D eigenvalue weighted by atomic mass is 16.5. The van der Waals surface area contributed by atoms with Crippen LogP contribution in [0.15, 0.2) is 4.99 Å². The summed E-state index contributed by atoms with van der Waals surface area (Å²) in [4.78, 5) is 20.6. The van der Waals surface area contributed by atoms with Crippen molar-refractivity contribution in [3.8, 4) is 0 Å². The van der Waals surface area contributed by atoms with Crippen LogP contribution >= 0.6 is 0 Å². The maximum atomic E-state index is 12.0. The van der Waals surface area contributed by atoms with Gasteiger partial charge in [0.15, 0.2) is 5.96 Å². The van der Waals surface area contributed by atoms with Gasteiger partial charge in [0.2, 0.25) is 5.91 Å². The van der Waals surface area contributed by atoms with Crippen LogP contribution in [0.1, 0.15) is 38.5 Å². The maximum absolute atomic E-state index is 12.0. The summed E-state index contributed by atoms with van der Waals surface area (Å²) in [6.07, 6.45) is 7.20. The van der Waals surface area contributed by atoms with E-state index in [0.717, 1.165) is 71.1 Å². The molecule has 3 fully saturated rings. The third-order valence-corrected chi connectivity index (χ3v) is 5.74. The molecule has 148 valence electrons. The smallest absolute Gasteiger partial charge is 0.243 e. The lowest BCUT2D eigenvalue weighted by molar-refractivity contribution is -0.127. The summed E-state index contributed by atoms with van der Waals surface area (Å²) in [6.45, 7) is 5.46. The zero-order valence-electron chi connectivity index (χ0n) is 16.3. The summed E-state index contributed by atoms with van der Waals surface area (Å²) < 4.78 is 11.5. The zero-order valence-corrected chi connectivity index (χ0v) is 16.3. The molecule has 0 aromatic heterocycles. The molecule has 0 radical (unpaired) electrons. The van der Waals surface area contributed by atoms with Crippen LogP contribution in [-0.2, 0) is 14.3 Å². The van der Waals surface area contributed by atoms with Crippen LogP contribution in [0.3, 0.4) is 0 Å². The summed E-state index contributed by atoms with van der Waals surface area (Å²) in [5.74, 6) is 0.870. The third kappa shape index (κ3) is 5.10. The van der Waals surface area contributed by atoms with Gasteiger partial charge in [0.1, 0.15) is 6.54 Å². The van der Waals surface area contributed by atoms with Crippen LogP contribution in [-0.4, -0.2) is 87.9 Å². The molecule has 1 spiro atoms. The number of guanidine groups is 1.